The van der Waals surface area contributed by atoms with Crippen LogP contribution in [0.3, 0.4) is 0 Å². The van der Waals surface area contributed by atoms with Crippen LogP contribution in [0.5, 0.6) is 5.75 Å². The molecule has 0 amide bonds. The maximum atomic E-state index is 12.6. The van der Waals surface area contributed by atoms with Crippen LogP contribution in [0.2, 0.25) is 0 Å². The Morgan fingerprint density at radius 3 is 2.26 bits per heavy atom. The molecule has 5 heteroatoms. The molecule has 120 valence electrons. The molecular weight excluding hydrogens is 294 g/mol. The zero-order chi connectivity index (χ0) is 16.7. The number of methoxy groups -OCH3 is 1. The number of ketones is 1. The van der Waals surface area contributed by atoms with Gasteiger partial charge in [0.15, 0.2) is 11.8 Å². The molecule has 0 saturated carbocycles. The van der Waals surface area contributed by atoms with Gasteiger partial charge in [-0.1, -0.05) is 30.3 Å². The topological polar surface area (TPSA) is 64.6 Å². The number of Topliss-reactive ketones (excluding diaryl/α,β-unsaturated/α-hetero) is 1. The molecule has 2 aromatic carbocycles. The van der Waals surface area contributed by atoms with E-state index in [4.69, 9.17) is 9.47 Å². The SMILES string of the molecule is CCOC(=O)[C@H](Nc1ccc(OC)cc1)C(=O)c1ccccc1. The van der Waals surface area contributed by atoms with Crippen molar-refractivity contribution < 1.29 is 19.1 Å². The molecule has 2 aromatic rings. The minimum absolute atomic E-state index is 0.210. The molecule has 0 aromatic heterocycles. The third kappa shape index (κ3) is 4.32. The number of esters is 1. The third-order valence-electron chi connectivity index (χ3n) is 3.24. The van der Waals surface area contributed by atoms with Gasteiger partial charge in [0.05, 0.1) is 13.7 Å². The molecule has 0 fully saturated rings. The highest BCUT2D eigenvalue weighted by Crippen LogP contribution is 2.17. The zero-order valence-electron chi connectivity index (χ0n) is 13.1. The number of carbonyl (C=O) groups is 2. The van der Waals surface area contributed by atoms with Crippen LogP contribution in [-0.2, 0) is 9.53 Å². The summed E-state index contributed by atoms with van der Waals surface area (Å²) in [6, 6.07) is 14.5. The molecule has 1 atom stereocenters. The third-order valence-corrected chi connectivity index (χ3v) is 3.24. The largest absolute Gasteiger partial charge is 0.497 e. The summed E-state index contributed by atoms with van der Waals surface area (Å²) in [7, 11) is 1.57. The Morgan fingerprint density at radius 2 is 1.70 bits per heavy atom. The second kappa shape index (κ2) is 7.98. The lowest BCUT2D eigenvalue weighted by Crippen LogP contribution is -2.39. The van der Waals surface area contributed by atoms with Crippen LogP contribution >= 0.6 is 0 Å². The molecule has 23 heavy (non-hydrogen) atoms. The summed E-state index contributed by atoms with van der Waals surface area (Å²) < 4.78 is 10.1. The normalized spacial score (nSPS) is 11.4. The van der Waals surface area contributed by atoms with Gasteiger partial charge in [0.2, 0.25) is 0 Å². The molecule has 5 nitrogen and oxygen atoms in total. The minimum atomic E-state index is -1.09. The highest BCUT2D eigenvalue weighted by Gasteiger charge is 2.28. The second-order valence-corrected chi connectivity index (χ2v) is 4.79. The van der Waals surface area contributed by atoms with Crippen molar-refractivity contribution in [3.05, 3.63) is 60.2 Å². The van der Waals surface area contributed by atoms with E-state index >= 15 is 0 Å². The smallest absolute Gasteiger partial charge is 0.336 e. The summed E-state index contributed by atoms with van der Waals surface area (Å²) in [6.07, 6.45) is 0. The van der Waals surface area contributed by atoms with Crippen molar-refractivity contribution >= 4 is 17.4 Å². The van der Waals surface area contributed by atoms with Crippen LogP contribution < -0.4 is 10.1 Å². The van der Waals surface area contributed by atoms with Gasteiger partial charge < -0.3 is 14.8 Å². The first-order valence-corrected chi connectivity index (χ1v) is 7.32. The van der Waals surface area contributed by atoms with Crippen LogP contribution in [0.4, 0.5) is 5.69 Å². The van der Waals surface area contributed by atoms with Gasteiger partial charge in [-0.05, 0) is 31.2 Å². The predicted octanol–water partition coefficient (Wildman–Crippen LogP) is 2.92. The summed E-state index contributed by atoms with van der Waals surface area (Å²) >= 11 is 0. The second-order valence-electron chi connectivity index (χ2n) is 4.79. The standard InChI is InChI=1S/C18H19NO4/c1-3-23-18(21)16(17(20)13-7-5-4-6-8-13)19-14-9-11-15(22-2)12-10-14/h4-12,16,19H,3H2,1-2H3/t16-/m1/s1. The van der Waals surface area contributed by atoms with Crippen molar-refractivity contribution in [1.82, 2.24) is 0 Å². The fourth-order valence-electron chi connectivity index (χ4n) is 2.08. The van der Waals surface area contributed by atoms with E-state index < -0.39 is 12.0 Å². The van der Waals surface area contributed by atoms with Crippen LogP contribution in [-0.4, -0.2) is 31.5 Å². The number of hydrogen-bond donors (Lipinski definition) is 1. The van der Waals surface area contributed by atoms with Crippen LogP contribution in [0.15, 0.2) is 54.6 Å². The van der Waals surface area contributed by atoms with Crippen molar-refractivity contribution in [1.29, 1.82) is 0 Å². The molecule has 0 aliphatic rings. The first-order chi connectivity index (χ1) is 11.2. The molecule has 0 saturated heterocycles. The number of carbonyl (C=O) groups excluding carboxylic acids is 2. The molecule has 1 N–H and O–H groups in total. The summed E-state index contributed by atoms with van der Waals surface area (Å²) in [6.45, 7) is 1.91. The fraction of sp³-hybridized carbons (Fsp3) is 0.222. The van der Waals surface area contributed by atoms with Gasteiger partial charge >= 0.3 is 5.97 Å². The Labute approximate surface area is 135 Å². The molecule has 0 bridgehead atoms. The molecule has 0 aliphatic carbocycles. The van der Waals surface area contributed by atoms with Gasteiger partial charge in [-0.3, -0.25) is 4.79 Å². The number of benzene rings is 2. The Hall–Kier alpha value is -2.82. The summed E-state index contributed by atoms with van der Waals surface area (Å²) in [4.78, 5) is 24.8. The Balaban J connectivity index is 2.23. The lowest BCUT2D eigenvalue weighted by Gasteiger charge is -2.17. The van der Waals surface area contributed by atoms with Gasteiger partial charge in [-0.25, -0.2) is 4.79 Å². The number of rotatable bonds is 7. The lowest BCUT2D eigenvalue weighted by atomic mass is 10.0. The number of hydrogen-bond acceptors (Lipinski definition) is 5. The monoisotopic (exact) mass is 313 g/mol. The average molecular weight is 313 g/mol. The maximum absolute atomic E-state index is 12.6. The molecule has 0 unspecified atom stereocenters. The zero-order valence-corrected chi connectivity index (χ0v) is 13.1. The van der Waals surface area contributed by atoms with E-state index in [-0.39, 0.29) is 12.4 Å². The van der Waals surface area contributed by atoms with Gasteiger partial charge in [0.1, 0.15) is 5.75 Å². The molecule has 2 rings (SSSR count). The van der Waals surface area contributed by atoms with Crippen molar-refractivity contribution in [2.24, 2.45) is 0 Å². The first-order valence-electron chi connectivity index (χ1n) is 7.32. The molecule has 0 aliphatic heterocycles. The van der Waals surface area contributed by atoms with Crippen molar-refractivity contribution in [2.75, 3.05) is 19.0 Å². The summed E-state index contributed by atoms with van der Waals surface area (Å²) in [5.74, 6) is -0.241. The van der Waals surface area contributed by atoms with E-state index in [1.807, 2.05) is 6.07 Å². The van der Waals surface area contributed by atoms with E-state index in [0.29, 0.717) is 17.0 Å². The molecule has 0 heterocycles. The van der Waals surface area contributed by atoms with Crippen molar-refractivity contribution in [2.45, 2.75) is 13.0 Å². The Morgan fingerprint density at radius 1 is 1.04 bits per heavy atom. The fourth-order valence-corrected chi connectivity index (χ4v) is 2.08. The van der Waals surface area contributed by atoms with Gasteiger partial charge in [-0.15, -0.1) is 0 Å². The number of ether oxygens (including phenoxy) is 2. The van der Waals surface area contributed by atoms with E-state index in [2.05, 4.69) is 5.32 Å². The Kier molecular flexibility index (Phi) is 5.74. The average Bonchev–Trinajstić information content (AvgIpc) is 2.60. The Bertz CT molecular complexity index is 652. The lowest BCUT2D eigenvalue weighted by molar-refractivity contribution is -0.142. The highest BCUT2D eigenvalue weighted by molar-refractivity contribution is 6.13. The number of anilines is 1. The van der Waals surface area contributed by atoms with Gasteiger partial charge in [0.25, 0.3) is 0 Å². The van der Waals surface area contributed by atoms with Crippen molar-refractivity contribution in [3.63, 3.8) is 0 Å². The van der Waals surface area contributed by atoms with Gasteiger partial charge in [0, 0.05) is 11.3 Å². The predicted molar refractivity (Wildman–Crippen MR) is 87.8 cm³/mol. The van der Waals surface area contributed by atoms with E-state index in [0.717, 1.165) is 0 Å². The summed E-state index contributed by atoms with van der Waals surface area (Å²) in [5.41, 5.74) is 1.08. The van der Waals surface area contributed by atoms with Crippen molar-refractivity contribution in [3.8, 4) is 5.75 Å². The summed E-state index contributed by atoms with van der Waals surface area (Å²) in [5, 5.41) is 2.93. The van der Waals surface area contributed by atoms with Crippen LogP contribution in [0.25, 0.3) is 0 Å². The maximum Gasteiger partial charge on any atom is 0.336 e. The van der Waals surface area contributed by atoms with Crippen LogP contribution in [0, 0.1) is 0 Å². The van der Waals surface area contributed by atoms with Crippen LogP contribution in [0.1, 0.15) is 17.3 Å². The van der Waals surface area contributed by atoms with Gasteiger partial charge in [-0.2, -0.15) is 0 Å². The molecule has 0 spiro atoms. The molecule has 0 radical (unpaired) electrons. The number of nitrogens with one attached hydrogen (secondary N) is 1. The van der Waals surface area contributed by atoms with E-state index in [1.54, 1.807) is 62.6 Å². The minimum Gasteiger partial charge on any atom is -0.497 e. The first kappa shape index (κ1) is 16.5. The molecular formula is C18H19NO4. The van der Waals surface area contributed by atoms with E-state index in [1.165, 1.54) is 0 Å². The van der Waals surface area contributed by atoms with E-state index in [9.17, 15) is 9.59 Å². The quantitative estimate of drug-likeness (QED) is 0.484. The highest BCUT2D eigenvalue weighted by atomic mass is 16.5.